The van der Waals surface area contributed by atoms with Crippen LogP contribution >= 0.6 is 0 Å². The Morgan fingerprint density at radius 2 is 1.87 bits per heavy atom. The molecule has 2 rings (SSSR count). The number of hydrogen-bond donors (Lipinski definition) is 0. The van der Waals surface area contributed by atoms with Crippen molar-refractivity contribution < 1.29 is 4.79 Å². The van der Waals surface area contributed by atoms with E-state index in [0.29, 0.717) is 0 Å². The molecule has 78 valence electrons. The molecular formula is C14H16O. The average Bonchev–Trinajstić information content (AvgIpc) is 2.30. The second-order valence-electron chi connectivity index (χ2n) is 4.11. The molecule has 0 spiro atoms. The van der Waals surface area contributed by atoms with Gasteiger partial charge in [-0.15, -0.1) is 0 Å². The first-order valence-electron chi connectivity index (χ1n) is 5.58. The zero-order chi connectivity index (χ0) is 10.7. The van der Waals surface area contributed by atoms with E-state index in [-0.39, 0.29) is 5.78 Å². The molecule has 1 nitrogen and oxygen atoms in total. The van der Waals surface area contributed by atoms with Crippen LogP contribution in [0.4, 0.5) is 0 Å². The van der Waals surface area contributed by atoms with Crippen molar-refractivity contribution >= 4 is 11.4 Å². The average molecular weight is 200 g/mol. The van der Waals surface area contributed by atoms with Gasteiger partial charge in [-0.25, -0.2) is 0 Å². The van der Waals surface area contributed by atoms with Gasteiger partial charge in [0.2, 0.25) is 0 Å². The Kier molecular flexibility index (Phi) is 3.00. The first kappa shape index (κ1) is 10.2. The van der Waals surface area contributed by atoms with Crippen LogP contribution in [0.2, 0.25) is 0 Å². The lowest BCUT2D eigenvalue weighted by atomic mass is 9.93. The lowest BCUT2D eigenvalue weighted by Crippen LogP contribution is -1.94. The fourth-order valence-electron chi connectivity index (χ4n) is 2.02. The van der Waals surface area contributed by atoms with Crippen molar-refractivity contribution in [3.8, 4) is 0 Å². The molecule has 0 aliphatic heterocycles. The summed E-state index contributed by atoms with van der Waals surface area (Å²) >= 11 is 0. The summed E-state index contributed by atoms with van der Waals surface area (Å²) in [6, 6.07) is 7.97. The molecule has 1 aliphatic carbocycles. The summed E-state index contributed by atoms with van der Waals surface area (Å²) in [5.74, 6) is 0.138. The number of benzene rings is 1. The first-order valence-corrected chi connectivity index (χ1v) is 5.58. The molecule has 1 aliphatic rings. The molecule has 0 bridgehead atoms. The summed E-state index contributed by atoms with van der Waals surface area (Å²) in [5.41, 5.74) is 3.52. The predicted molar refractivity (Wildman–Crippen MR) is 62.9 cm³/mol. The van der Waals surface area contributed by atoms with Gasteiger partial charge < -0.3 is 0 Å². The van der Waals surface area contributed by atoms with Crippen molar-refractivity contribution in [2.24, 2.45) is 0 Å². The molecule has 0 aromatic heterocycles. The van der Waals surface area contributed by atoms with Crippen molar-refractivity contribution in [1.29, 1.82) is 0 Å². The minimum Gasteiger partial charge on any atom is -0.295 e. The SMILES string of the molecule is CC(=O)c1ccc(C2=CCCCC2)cc1. The molecule has 0 saturated heterocycles. The van der Waals surface area contributed by atoms with Gasteiger partial charge >= 0.3 is 0 Å². The highest BCUT2D eigenvalue weighted by Gasteiger charge is 2.06. The molecule has 0 heterocycles. The third kappa shape index (κ3) is 2.35. The van der Waals surface area contributed by atoms with E-state index in [9.17, 15) is 4.79 Å². The molecular weight excluding hydrogens is 184 g/mol. The molecule has 0 radical (unpaired) electrons. The Morgan fingerprint density at radius 3 is 2.40 bits per heavy atom. The fraction of sp³-hybridized carbons (Fsp3) is 0.357. The second-order valence-corrected chi connectivity index (χ2v) is 4.11. The third-order valence-corrected chi connectivity index (χ3v) is 2.95. The highest BCUT2D eigenvalue weighted by Crippen LogP contribution is 2.26. The van der Waals surface area contributed by atoms with E-state index in [1.54, 1.807) is 6.92 Å². The van der Waals surface area contributed by atoms with Gasteiger partial charge in [0.1, 0.15) is 0 Å². The zero-order valence-corrected chi connectivity index (χ0v) is 9.12. The Balaban J connectivity index is 2.23. The lowest BCUT2D eigenvalue weighted by Gasteiger charge is -2.12. The highest BCUT2D eigenvalue weighted by atomic mass is 16.1. The summed E-state index contributed by atoms with van der Waals surface area (Å²) in [7, 11) is 0. The van der Waals surface area contributed by atoms with Gasteiger partial charge in [-0.1, -0.05) is 30.3 Å². The van der Waals surface area contributed by atoms with Crippen LogP contribution in [0.5, 0.6) is 0 Å². The van der Waals surface area contributed by atoms with E-state index in [0.717, 1.165) is 5.56 Å². The van der Waals surface area contributed by atoms with Crippen molar-refractivity contribution in [2.75, 3.05) is 0 Å². The Hall–Kier alpha value is -1.37. The van der Waals surface area contributed by atoms with Crippen LogP contribution in [-0.4, -0.2) is 5.78 Å². The molecule has 1 aromatic carbocycles. The number of Topliss-reactive ketones (excluding diaryl/α,β-unsaturated/α-hetero) is 1. The van der Waals surface area contributed by atoms with Crippen LogP contribution in [0.25, 0.3) is 5.57 Å². The number of rotatable bonds is 2. The van der Waals surface area contributed by atoms with E-state index in [4.69, 9.17) is 0 Å². The Bertz CT molecular complexity index is 384. The fourth-order valence-corrected chi connectivity index (χ4v) is 2.02. The molecule has 0 N–H and O–H groups in total. The number of hydrogen-bond acceptors (Lipinski definition) is 1. The monoisotopic (exact) mass is 200 g/mol. The number of allylic oxidation sites excluding steroid dienone is 2. The highest BCUT2D eigenvalue weighted by molar-refractivity contribution is 5.94. The number of ketones is 1. The maximum absolute atomic E-state index is 11.1. The molecule has 0 unspecified atom stereocenters. The van der Waals surface area contributed by atoms with Crippen molar-refractivity contribution in [1.82, 2.24) is 0 Å². The molecule has 1 aromatic rings. The minimum absolute atomic E-state index is 0.138. The van der Waals surface area contributed by atoms with Crippen LogP contribution in [0, 0.1) is 0 Å². The maximum Gasteiger partial charge on any atom is 0.159 e. The zero-order valence-electron chi connectivity index (χ0n) is 9.12. The normalized spacial score (nSPS) is 15.9. The maximum atomic E-state index is 11.1. The smallest absolute Gasteiger partial charge is 0.159 e. The minimum atomic E-state index is 0.138. The van der Waals surface area contributed by atoms with Gasteiger partial charge in [0.15, 0.2) is 5.78 Å². The quantitative estimate of drug-likeness (QED) is 0.663. The second kappa shape index (κ2) is 4.43. The van der Waals surface area contributed by atoms with Crippen LogP contribution < -0.4 is 0 Å². The van der Waals surface area contributed by atoms with E-state index < -0.39 is 0 Å². The van der Waals surface area contributed by atoms with Gasteiger partial charge in [0.25, 0.3) is 0 Å². The predicted octanol–water partition coefficient (Wildman–Crippen LogP) is 3.85. The molecule has 15 heavy (non-hydrogen) atoms. The summed E-state index contributed by atoms with van der Waals surface area (Å²) in [5, 5.41) is 0. The molecule has 0 amide bonds. The summed E-state index contributed by atoms with van der Waals surface area (Å²) in [4.78, 5) is 11.1. The molecule has 0 fully saturated rings. The number of carbonyl (C=O) groups excluding carboxylic acids is 1. The largest absolute Gasteiger partial charge is 0.295 e. The van der Waals surface area contributed by atoms with E-state index >= 15 is 0 Å². The van der Waals surface area contributed by atoms with Gasteiger partial charge in [-0.2, -0.15) is 0 Å². The molecule has 0 saturated carbocycles. The molecule has 1 heteroatoms. The topological polar surface area (TPSA) is 17.1 Å². The van der Waals surface area contributed by atoms with Gasteiger partial charge in [0, 0.05) is 5.56 Å². The summed E-state index contributed by atoms with van der Waals surface area (Å²) in [6.07, 6.45) is 7.31. The Morgan fingerprint density at radius 1 is 1.13 bits per heavy atom. The van der Waals surface area contributed by atoms with Crippen molar-refractivity contribution in [3.05, 3.63) is 41.5 Å². The summed E-state index contributed by atoms with van der Waals surface area (Å²) in [6.45, 7) is 1.61. The van der Waals surface area contributed by atoms with Crippen LogP contribution in [0.3, 0.4) is 0 Å². The lowest BCUT2D eigenvalue weighted by molar-refractivity contribution is 0.101. The van der Waals surface area contributed by atoms with Crippen LogP contribution in [0.1, 0.15) is 48.5 Å². The van der Waals surface area contributed by atoms with E-state index in [1.807, 2.05) is 12.1 Å². The van der Waals surface area contributed by atoms with Crippen molar-refractivity contribution in [3.63, 3.8) is 0 Å². The van der Waals surface area contributed by atoms with Crippen LogP contribution in [0.15, 0.2) is 30.3 Å². The Labute approximate surface area is 90.8 Å². The third-order valence-electron chi connectivity index (χ3n) is 2.95. The number of carbonyl (C=O) groups is 1. The van der Waals surface area contributed by atoms with Crippen LogP contribution in [-0.2, 0) is 0 Å². The van der Waals surface area contributed by atoms with E-state index in [2.05, 4.69) is 18.2 Å². The molecule has 0 atom stereocenters. The standard InChI is InChI=1S/C14H16O/c1-11(15)12-7-9-14(10-8-12)13-5-3-2-4-6-13/h5,7-10H,2-4,6H2,1H3. The van der Waals surface area contributed by atoms with Gasteiger partial charge in [-0.3, -0.25) is 4.79 Å². The van der Waals surface area contributed by atoms with Gasteiger partial charge in [-0.05, 0) is 43.7 Å². The van der Waals surface area contributed by atoms with Crippen molar-refractivity contribution in [2.45, 2.75) is 32.6 Å². The van der Waals surface area contributed by atoms with Gasteiger partial charge in [0.05, 0.1) is 0 Å². The van der Waals surface area contributed by atoms with E-state index in [1.165, 1.54) is 36.8 Å². The summed E-state index contributed by atoms with van der Waals surface area (Å²) < 4.78 is 0. The first-order chi connectivity index (χ1) is 7.27.